The summed E-state index contributed by atoms with van der Waals surface area (Å²) in [6, 6.07) is 10.7. The number of halogens is 1. The molecule has 0 bridgehead atoms. The Morgan fingerprint density at radius 2 is 1.26 bits per heavy atom. The summed E-state index contributed by atoms with van der Waals surface area (Å²) in [5.41, 5.74) is 0. The molecule has 0 radical (unpaired) electrons. The average Bonchev–Trinajstić information content (AvgIpc) is 2.64. The largest absolute Gasteiger partial charge is 0.513 e. The van der Waals surface area contributed by atoms with Crippen LogP contribution in [0.2, 0.25) is 0 Å². The van der Waals surface area contributed by atoms with Crippen molar-refractivity contribution >= 4 is 33.9 Å². The highest BCUT2D eigenvalue weighted by Gasteiger charge is 2.21. The van der Waals surface area contributed by atoms with Crippen molar-refractivity contribution in [2.75, 3.05) is 13.2 Å². The molecule has 6 nitrogen and oxygen atoms in total. The minimum Gasteiger partial charge on any atom is -0.434 e. The molecule has 0 aliphatic carbocycles. The van der Waals surface area contributed by atoms with Gasteiger partial charge in [0.2, 0.25) is 0 Å². The number of carbonyl (C=O) groups is 2. The lowest BCUT2D eigenvalue weighted by Gasteiger charge is -2.16. The van der Waals surface area contributed by atoms with Crippen LogP contribution in [0.15, 0.2) is 42.5 Å². The summed E-state index contributed by atoms with van der Waals surface area (Å²) in [6.07, 6.45) is -1.79. The number of hydrogen-bond acceptors (Lipinski definition) is 6. The lowest BCUT2D eigenvalue weighted by atomic mass is 10.0. The van der Waals surface area contributed by atoms with Crippen LogP contribution in [0.1, 0.15) is 13.8 Å². The van der Waals surface area contributed by atoms with E-state index in [0.29, 0.717) is 16.2 Å². The predicted octanol–water partition coefficient (Wildman–Crippen LogP) is 5.20. The van der Waals surface area contributed by atoms with Crippen molar-refractivity contribution in [3.05, 3.63) is 48.3 Å². The first-order valence-electron chi connectivity index (χ1n) is 8.38. The predicted molar refractivity (Wildman–Crippen MR) is 96.7 cm³/mol. The fourth-order valence-electron chi connectivity index (χ4n) is 2.75. The van der Waals surface area contributed by atoms with Crippen molar-refractivity contribution in [3.63, 3.8) is 0 Å². The zero-order chi connectivity index (χ0) is 19.4. The summed E-state index contributed by atoms with van der Waals surface area (Å²) in [6.45, 7) is 3.58. The van der Waals surface area contributed by atoms with Gasteiger partial charge in [0.15, 0.2) is 5.75 Å². The molecular weight excluding hydrogens is 355 g/mol. The molecule has 0 amide bonds. The number of fused-ring (bicyclic) bond motifs is 2. The molecule has 0 saturated heterocycles. The molecule has 0 spiro atoms. The number of carbonyl (C=O) groups excluding carboxylic acids is 2. The molecule has 0 saturated carbocycles. The second kappa shape index (κ2) is 7.90. The maximum Gasteiger partial charge on any atom is 0.513 e. The van der Waals surface area contributed by atoms with Crippen LogP contribution in [-0.2, 0) is 9.47 Å². The van der Waals surface area contributed by atoms with Gasteiger partial charge >= 0.3 is 12.3 Å². The van der Waals surface area contributed by atoms with Crippen molar-refractivity contribution < 1.29 is 32.9 Å². The van der Waals surface area contributed by atoms with Crippen molar-refractivity contribution in [3.8, 4) is 11.5 Å². The summed E-state index contributed by atoms with van der Waals surface area (Å²) in [7, 11) is 0. The zero-order valence-electron chi connectivity index (χ0n) is 14.8. The molecule has 0 fully saturated rings. The van der Waals surface area contributed by atoms with E-state index in [0.717, 1.165) is 0 Å². The maximum atomic E-state index is 13.9. The van der Waals surface area contributed by atoms with Crippen LogP contribution in [-0.4, -0.2) is 25.5 Å². The van der Waals surface area contributed by atoms with E-state index in [2.05, 4.69) is 0 Å². The number of benzene rings is 3. The Hall–Kier alpha value is -3.35. The highest BCUT2D eigenvalue weighted by Crippen LogP contribution is 2.43. The molecule has 3 aromatic rings. The Morgan fingerprint density at radius 1 is 0.778 bits per heavy atom. The third-order valence-corrected chi connectivity index (χ3v) is 3.78. The third kappa shape index (κ3) is 3.76. The molecule has 0 N–H and O–H groups in total. The van der Waals surface area contributed by atoms with Crippen LogP contribution < -0.4 is 9.47 Å². The van der Waals surface area contributed by atoms with E-state index in [-0.39, 0.29) is 30.1 Å². The Kier molecular flexibility index (Phi) is 5.40. The van der Waals surface area contributed by atoms with Gasteiger partial charge in [0.05, 0.1) is 13.2 Å². The van der Waals surface area contributed by atoms with E-state index < -0.39 is 18.1 Å². The van der Waals surface area contributed by atoms with Crippen molar-refractivity contribution in [2.24, 2.45) is 0 Å². The van der Waals surface area contributed by atoms with Crippen molar-refractivity contribution in [2.45, 2.75) is 13.8 Å². The van der Waals surface area contributed by atoms with Gasteiger partial charge in [-0.3, -0.25) is 0 Å². The molecule has 0 aromatic heterocycles. The Labute approximate surface area is 154 Å². The molecular formula is C20H17FO6. The quantitative estimate of drug-likeness (QED) is 0.356. The van der Waals surface area contributed by atoms with Gasteiger partial charge in [-0.2, -0.15) is 0 Å². The summed E-state index contributed by atoms with van der Waals surface area (Å²) in [5, 5.41) is 1.62. The summed E-state index contributed by atoms with van der Waals surface area (Å²) in [5.74, 6) is -0.224. The summed E-state index contributed by atoms with van der Waals surface area (Å²) in [4.78, 5) is 23.8. The van der Waals surface area contributed by atoms with Gasteiger partial charge < -0.3 is 18.9 Å². The van der Waals surface area contributed by atoms with Crippen LogP contribution in [0.25, 0.3) is 21.5 Å². The first-order valence-corrected chi connectivity index (χ1v) is 8.38. The van der Waals surface area contributed by atoms with Crippen LogP contribution in [0.3, 0.4) is 0 Å². The van der Waals surface area contributed by atoms with Gasteiger partial charge in [-0.15, -0.1) is 0 Å². The summed E-state index contributed by atoms with van der Waals surface area (Å²) < 4.78 is 34.3. The first kappa shape index (κ1) is 18.4. The average molecular weight is 372 g/mol. The monoisotopic (exact) mass is 372 g/mol. The highest BCUT2D eigenvalue weighted by atomic mass is 19.1. The van der Waals surface area contributed by atoms with Crippen LogP contribution in [0, 0.1) is 5.82 Å². The Bertz CT molecular complexity index is 1010. The molecule has 0 unspecified atom stereocenters. The molecule has 0 atom stereocenters. The van der Waals surface area contributed by atoms with Crippen LogP contribution >= 0.6 is 0 Å². The van der Waals surface area contributed by atoms with E-state index in [9.17, 15) is 14.0 Å². The molecule has 140 valence electrons. The minimum atomic E-state index is -0.910. The third-order valence-electron chi connectivity index (χ3n) is 3.78. The van der Waals surface area contributed by atoms with Gasteiger partial charge in [0.25, 0.3) is 0 Å². The fraction of sp³-hybridized carbons (Fsp3) is 0.200. The van der Waals surface area contributed by atoms with E-state index in [1.165, 1.54) is 18.2 Å². The Balaban J connectivity index is 2.29. The standard InChI is InChI=1S/C20H17FO6/c1-3-24-19(22)26-17-13-7-5-6-8-14(13)18(27-20(23)25-4-2)16-11-12(21)9-10-15(16)17/h5-11H,3-4H2,1-2H3. The maximum absolute atomic E-state index is 13.9. The zero-order valence-corrected chi connectivity index (χ0v) is 14.8. The molecule has 0 aliphatic heterocycles. The molecule has 0 aliphatic rings. The van der Waals surface area contributed by atoms with Gasteiger partial charge in [-0.25, -0.2) is 14.0 Å². The van der Waals surface area contributed by atoms with Crippen LogP contribution in [0.5, 0.6) is 11.5 Å². The fourth-order valence-corrected chi connectivity index (χ4v) is 2.75. The molecule has 0 heterocycles. The van der Waals surface area contributed by atoms with Crippen molar-refractivity contribution in [1.29, 1.82) is 0 Å². The number of hydrogen-bond donors (Lipinski definition) is 0. The van der Waals surface area contributed by atoms with E-state index in [1.807, 2.05) is 0 Å². The smallest absolute Gasteiger partial charge is 0.434 e. The second-order valence-corrected chi connectivity index (χ2v) is 5.46. The second-order valence-electron chi connectivity index (χ2n) is 5.46. The highest BCUT2D eigenvalue weighted by molar-refractivity contribution is 6.12. The lowest BCUT2D eigenvalue weighted by Crippen LogP contribution is -2.12. The molecule has 27 heavy (non-hydrogen) atoms. The number of ether oxygens (including phenoxy) is 4. The Morgan fingerprint density at radius 3 is 1.78 bits per heavy atom. The van der Waals surface area contributed by atoms with Gasteiger partial charge in [0.1, 0.15) is 11.6 Å². The topological polar surface area (TPSA) is 71.1 Å². The first-order chi connectivity index (χ1) is 13.0. The van der Waals surface area contributed by atoms with Gasteiger partial charge in [-0.1, -0.05) is 24.3 Å². The lowest BCUT2D eigenvalue weighted by molar-refractivity contribution is 0.103. The van der Waals surface area contributed by atoms with E-state index in [1.54, 1.807) is 38.1 Å². The van der Waals surface area contributed by atoms with E-state index >= 15 is 0 Å². The van der Waals surface area contributed by atoms with Gasteiger partial charge in [0, 0.05) is 21.5 Å². The van der Waals surface area contributed by atoms with E-state index in [4.69, 9.17) is 18.9 Å². The molecule has 7 heteroatoms. The molecule has 3 aromatic carbocycles. The van der Waals surface area contributed by atoms with Crippen molar-refractivity contribution in [1.82, 2.24) is 0 Å². The minimum absolute atomic E-state index is 0.120. The number of rotatable bonds is 4. The normalized spacial score (nSPS) is 10.6. The van der Waals surface area contributed by atoms with Crippen LogP contribution in [0.4, 0.5) is 14.0 Å². The molecule has 3 rings (SSSR count). The van der Waals surface area contributed by atoms with Gasteiger partial charge in [-0.05, 0) is 32.0 Å². The SMILES string of the molecule is CCOC(=O)Oc1c2ccccc2c(OC(=O)OCC)c2cc(F)ccc12. The summed E-state index contributed by atoms with van der Waals surface area (Å²) >= 11 is 0.